The van der Waals surface area contributed by atoms with Crippen LogP contribution in [0.2, 0.25) is 0 Å². The van der Waals surface area contributed by atoms with Gasteiger partial charge in [-0.25, -0.2) is 4.39 Å². The third-order valence-electron chi connectivity index (χ3n) is 4.00. The van der Waals surface area contributed by atoms with Crippen LogP contribution in [0.5, 0.6) is 11.5 Å². The van der Waals surface area contributed by atoms with E-state index in [1.54, 1.807) is 12.1 Å². The molecule has 0 saturated heterocycles. The van der Waals surface area contributed by atoms with Gasteiger partial charge in [0.1, 0.15) is 23.9 Å². The largest absolute Gasteiger partial charge is 0.507 e. The number of benzene rings is 3. The lowest BCUT2D eigenvalue weighted by molar-refractivity contribution is 0.306. The fraction of sp³-hybridized carbons (Fsp3) is 0.143. The average molecular weight is 322 g/mol. The van der Waals surface area contributed by atoms with Crippen molar-refractivity contribution in [2.45, 2.75) is 20.5 Å². The van der Waals surface area contributed by atoms with Gasteiger partial charge in [-0.15, -0.1) is 0 Å². The van der Waals surface area contributed by atoms with Crippen LogP contribution in [0.25, 0.3) is 11.1 Å². The van der Waals surface area contributed by atoms with E-state index in [0.29, 0.717) is 18.1 Å². The van der Waals surface area contributed by atoms with Gasteiger partial charge in [0.25, 0.3) is 0 Å². The predicted molar refractivity (Wildman–Crippen MR) is 93.7 cm³/mol. The van der Waals surface area contributed by atoms with Crippen LogP contribution >= 0.6 is 0 Å². The van der Waals surface area contributed by atoms with Crippen LogP contribution in [0, 0.1) is 19.7 Å². The summed E-state index contributed by atoms with van der Waals surface area (Å²) in [7, 11) is 0. The highest BCUT2D eigenvalue weighted by Gasteiger charge is 2.05. The SMILES string of the molecule is Cc1cc(-c2ccc(COc3ccc(F)cc3)cc2)cc(C)c1O. The molecule has 0 aliphatic rings. The summed E-state index contributed by atoms with van der Waals surface area (Å²) in [5, 5.41) is 9.88. The zero-order chi connectivity index (χ0) is 17.1. The molecule has 1 N–H and O–H groups in total. The first-order valence-corrected chi connectivity index (χ1v) is 7.81. The lowest BCUT2D eigenvalue weighted by Crippen LogP contribution is -1.95. The number of phenolic OH excluding ortho intramolecular Hbond substituents is 1. The molecule has 0 aliphatic heterocycles. The summed E-state index contributed by atoms with van der Waals surface area (Å²) in [6.45, 7) is 4.23. The Morgan fingerprint density at radius 2 is 1.42 bits per heavy atom. The van der Waals surface area contributed by atoms with Gasteiger partial charge in [-0.3, -0.25) is 0 Å². The van der Waals surface area contributed by atoms with Gasteiger partial charge in [0.05, 0.1) is 0 Å². The zero-order valence-electron chi connectivity index (χ0n) is 13.7. The Morgan fingerprint density at radius 3 is 2.00 bits per heavy atom. The number of rotatable bonds is 4. The van der Waals surface area contributed by atoms with Crippen molar-refractivity contribution >= 4 is 0 Å². The van der Waals surface area contributed by atoms with Crippen LogP contribution in [0.15, 0.2) is 60.7 Å². The van der Waals surface area contributed by atoms with Gasteiger partial charge < -0.3 is 9.84 Å². The molecule has 3 aromatic carbocycles. The van der Waals surface area contributed by atoms with Crippen LogP contribution in [0.3, 0.4) is 0 Å². The summed E-state index contributed by atoms with van der Waals surface area (Å²) in [6, 6.07) is 18.0. The Hall–Kier alpha value is -2.81. The zero-order valence-corrected chi connectivity index (χ0v) is 13.7. The Labute approximate surface area is 141 Å². The number of phenols is 1. The van der Waals surface area contributed by atoms with Crippen molar-refractivity contribution in [3.05, 3.63) is 83.2 Å². The van der Waals surface area contributed by atoms with E-state index in [2.05, 4.69) is 0 Å². The van der Waals surface area contributed by atoms with Gasteiger partial charge in [-0.2, -0.15) is 0 Å². The topological polar surface area (TPSA) is 29.5 Å². The van der Waals surface area contributed by atoms with Crippen molar-refractivity contribution in [2.24, 2.45) is 0 Å². The van der Waals surface area contributed by atoms with Crippen molar-refractivity contribution in [1.82, 2.24) is 0 Å². The molecule has 122 valence electrons. The second kappa shape index (κ2) is 6.75. The van der Waals surface area contributed by atoms with E-state index < -0.39 is 0 Å². The average Bonchev–Trinajstić information content (AvgIpc) is 2.59. The van der Waals surface area contributed by atoms with E-state index in [1.807, 2.05) is 50.2 Å². The molecule has 0 heterocycles. The minimum absolute atomic E-state index is 0.272. The monoisotopic (exact) mass is 322 g/mol. The van der Waals surface area contributed by atoms with Crippen LogP contribution < -0.4 is 4.74 Å². The van der Waals surface area contributed by atoms with Crippen molar-refractivity contribution in [3.8, 4) is 22.6 Å². The highest BCUT2D eigenvalue weighted by molar-refractivity contribution is 5.67. The molecule has 0 amide bonds. The van der Waals surface area contributed by atoms with E-state index in [4.69, 9.17) is 4.74 Å². The Bertz CT molecular complexity index is 814. The van der Waals surface area contributed by atoms with Gasteiger partial charge in [0.15, 0.2) is 0 Å². The first kappa shape index (κ1) is 16.1. The number of ether oxygens (including phenoxy) is 1. The highest BCUT2D eigenvalue weighted by Crippen LogP contribution is 2.29. The highest BCUT2D eigenvalue weighted by atomic mass is 19.1. The lowest BCUT2D eigenvalue weighted by Gasteiger charge is -2.10. The van der Waals surface area contributed by atoms with E-state index in [0.717, 1.165) is 27.8 Å². The summed E-state index contributed by atoms with van der Waals surface area (Å²) in [4.78, 5) is 0. The third kappa shape index (κ3) is 3.57. The maximum atomic E-state index is 12.9. The minimum Gasteiger partial charge on any atom is -0.507 e. The molecule has 0 aromatic heterocycles. The summed E-state index contributed by atoms with van der Waals surface area (Å²) in [5.41, 5.74) is 4.94. The minimum atomic E-state index is -0.272. The number of halogens is 1. The van der Waals surface area contributed by atoms with Gasteiger partial charge >= 0.3 is 0 Å². The maximum absolute atomic E-state index is 12.9. The normalized spacial score (nSPS) is 10.6. The van der Waals surface area contributed by atoms with E-state index in [-0.39, 0.29) is 5.82 Å². The predicted octanol–water partition coefficient (Wildman–Crippen LogP) is 5.39. The maximum Gasteiger partial charge on any atom is 0.123 e. The molecular weight excluding hydrogens is 303 g/mol. The fourth-order valence-electron chi connectivity index (χ4n) is 2.61. The van der Waals surface area contributed by atoms with Crippen LogP contribution in [0.4, 0.5) is 4.39 Å². The Morgan fingerprint density at radius 1 is 0.833 bits per heavy atom. The van der Waals surface area contributed by atoms with Gasteiger partial charge in [-0.1, -0.05) is 24.3 Å². The number of aryl methyl sites for hydroxylation is 2. The standard InChI is InChI=1S/C21H19FO2/c1-14-11-18(12-15(2)21(14)23)17-5-3-16(4-6-17)13-24-20-9-7-19(22)8-10-20/h3-12,23H,13H2,1-2H3. The molecule has 0 fully saturated rings. The van der Waals surface area contributed by atoms with E-state index in [1.165, 1.54) is 12.1 Å². The molecule has 0 unspecified atom stereocenters. The lowest BCUT2D eigenvalue weighted by atomic mass is 9.99. The summed E-state index contributed by atoms with van der Waals surface area (Å²) in [5.74, 6) is 0.722. The van der Waals surface area contributed by atoms with Crippen LogP contribution in [-0.2, 0) is 6.61 Å². The van der Waals surface area contributed by atoms with Gasteiger partial charge in [0, 0.05) is 0 Å². The summed E-state index contributed by atoms with van der Waals surface area (Å²) >= 11 is 0. The molecule has 0 atom stereocenters. The quantitative estimate of drug-likeness (QED) is 0.697. The molecule has 0 bridgehead atoms. The molecule has 3 rings (SSSR count). The summed E-state index contributed by atoms with van der Waals surface area (Å²) < 4.78 is 18.5. The molecule has 0 saturated carbocycles. The van der Waals surface area contributed by atoms with Crippen molar-refractivity contribution in [3.63, 3.8) is 0 Å². The van der Waals surface area contributed by atoms with Crippen LogP contribution in [0.1, 0.15) is 16.7 Å². The molecular formula is C21H19FO2. The summed E-state index contributed by atoms with van der Waals surface area (Å²) in [6.07, 6.45) is 0. The third-order valence-corrected chi connectivity index (χ3v) is 4.00. The Balaban J connectivity index is 1.72. The Kier molecular flexibility index (Phi) is 4.52. The number of hydrogen-bond donors (Lipinski definition) is 1. The second-order valence-electron chi connectivity index (χ2n) is 5.90. The molecule has 2 nitrogen and oxygen atoms in total. The van der Waals surface area contributed by atoms with Gasteiger partial charge in [0.2, 0.25) is 0 Å². The fourth-order valence-corrected chi connectivity index (χ4v) is 2.61. The molecule has 0 spiro atoms. The second-order valence-corrected chi connectivity index (χ2v) is 5.90. The number of hydrogen-bond acceptors (Lipinski definition) is 2. The molecule has 0 aliphatic carbocycles. The van der Waals surface area contributed by atoms with E-state index in [9.17, 15) is 9.50 Å². The van der Waals surface area contributed by atoms with Crippen molar-refractivity contribution in [1.29, 1.82) is 0 Å². The van der Waals surface area contributed by atoms with Crippen molar-refractivity contribution in [2.75, 3.05) is 0 Å². The van der Waals surface area contributed by atoms with Crippen LogP contribution in [-0.4, -0.2) is 5.11 Å². The van der Waals surface area contributed by atoms with Crippen molar-refractivity contribution < 1.29 is 14.2 Å². The molecule has 0 radical (unpaired) electrons. The first-order chi connectivity index (χ1) is 11.5. The molecule has 3 aromatic rings. The first-order valence-electron chi connectivity index (χ1n) is 7.81. The molecule has 24 heavy (non-hydrogen) atoms. The van der Waals surface area contributed by atoms with Gasteiger partial charge in [-0.05, 0) is 78.1 Å². The molecule has 3 heteroatoms. The smallest absolute Gasteiger partial charge is 0.123 e. The van der Waals surface area contributed by atoms with E-state index >= 15 is 0 Å². The number of aromatic hydroxyl groups is 1.